The van der Waals surface area contributed by atoms with Crippen molar-refractivity contribution in [1.29, 1.82) is 0 Å². The van der Waals surface area contributed by atoms with E-state index in [-0.39, 0.29) is 36.2 Å². The molecule has 1 saturated heterocycles. The van der Waals surface area contributed by atoms with Crippen LogP contribution in [0, 0.1) is 0 Å². The molecule has 8 nitrogen and oxygen atoms in total. The predicted octanol–water partition coefficient (Wildman–Crippen LogP) is 6.73. The van der Waals surface area contributed by atoms with Gasteiger partial charge in [-0.05, 0) is 35.9 Å². The van der Waals surface area contributed by atoms with E-state index in [1.54, 1.807) is 36.4 Å². The van der Waals surface area contributed by atoms with Crippen molar-refractivity contribution in [2.24, 2.45) is 0 Å². The molecule has 5 rings (SSSR count). The third-order valence-electron chi connectivity index (χ3n) is 6.64. The van der Waals surface area contributed by atoms with E-state index < -0.39 is 29.8 Å². The van der Waals surface area contributed by atoms with Gasteiger partial charge < -0.3 is 19.1 Å². The minimum Gasteiger partial charge on any atom is -0.495 e. The van der Waals surface area contributed by atoms with E-state index in [9.17, 15) is 14.4 Å². The third-order valence-corrected chi connectivity index (χ3v) is 8.74. The number of imide groups is 1. The molecule has 0 spiro atoms. The summed E-state index contributed by atoms with van der Waals surface area (Å²) in [6, 6.07) is 7.72. The first-order valence-corrected chi connectivity index (χ1v) is 13.1. The van der Waals surface area contributed by atoms with Crippen LogP contribution in [-0.4, -0.2) is 50.0 Å². The first-order chi connectivity index (χ1) is 18.6. The van der Waals surface area contributed by atoms with Gasteiger partial charge in [-0.15, -0.1) is 0 Å². The lowest BCUT2D eigenvalue weighted by atomic mass is 9.86. The Hall–Kier alpha value is -2.88. The maximum absolute atomic E-state index is 13.8. The van der Waals surface area contributed by atoms with Crippen molar-refractivity contribution >= 4 is 81.4 Å². The number of fused-ring (bicyclic) bond motifs is 1. The molecular formula is C26H17Cl5N2O6. The second kappa shape index (κ2) is 10.3. The molecule has 1 fully saturated rings. The SMILES string of the molecule is COc1ccc(N2C(=O)[C@H](N3C(=O)c4c(Cl)c(Cl)c(Cl)c(Cl)c4C3=O)[C@H]2c2ccc(OC)c(OC)c2)cc1Cl. The average Bonchev–Trinajstić information content (AvgIpc) is 3.18. The second-order valence-corrected chi connectivity index (χ2v) is 10.4. The molecule has 0 aliphatic carbocycles. The number of halogens is 5. The highest BCUT2D eigenvalue weighted by atomic mass is 35.5. The largest absolute Gasteiger partial charge is 0.495 e. The zero-order chi connectivity index (χ0) is 28.3. The fourth-order valence-electron chi connectivity index (χ4n) is 4.81. The topological polar surface area (TPSA) is 85.4 Å². The molecule has 0 unspecified atom stereocenters. The molecule has 0 bridgehead atoms. The number of carbonyl (C=O) groups excluding carboxylic acids is 3. The van der Waals surface area contributed by atoms with Gasteiger partial charge in [0.05, 0.1) is 63.6 Å². The van der Waals surface area contributed by atoms with Crippen molar-refractivity contribution in [1.82, 2.24) is 4.90 Å². The second-order valence-electron chi connectivity index (χ2n) is 8.52. The van der Waals surface area contributed by atoms with Crippen LogP contribution in [0.25, 0.3) is 0 Å². The first kappa shape index (κ1) is 27.7. The smallest absolute Gasteiger partial charge is 0.264 e. The van der Waals surface area contributed by atoms with Gasteiger partial charge in [0.25, 0.3) is 17.7 Å². The Bertz CT molecular complexity index is 1530. The van der Waals surface area contributed by atoms with E-state index in [1.807, 2.05) is 0 Å². The number of amides is 3. The van der Waals surface area contributed by atoms with Crippen molar-refractivity contribution in [2.75, 3.05) is 26.2 Å². The van der Waals surface area contributed by atoms with Crippen LogP contribution in [0.15, 0.2) is 36.4 Å². The molecule has 39 heavy (non-hydrogen) atoms. The number of rotatable bonds is 6. The Kier molecular flexibility index (Phi) is 7.28. The summed E-state index contributed by atoms with van der Waals surface area (Å²) in [6.45, 7) is 0. The lowest BCUT2D eigenvalue weighted by Crippen LogP contribution is -2.67. The van der Waals surface area contributed by atoms with Crippen molar-refractivity contribution in [3.63, 3.8) is 0 Å². The summed E-state index contributed by atoms with van der Waals surface area (Å²) in [7, 11) is 4.42. The normalized spacial score (nSPS) is 18.3. The molecule has 13 heteroatoms. The van der Waals surface area contributed by atoms with Gasteiger partial charge in [0.2, 0.25) is 0 Å². The van der Waals surface area contributed by atoms with E-state index in [0.29, 0.717) is 28.5 Å². The van der Waals surface area contributed by atoms with Crippen molar-refractivity contribution < 1.29 is 28.6 Å². The Balaban J connectivity index is 1.65. The monoisotopic (exact) mass is 628 g/mol. The number of β-lactam (4-membered cyclic amide) rings is 1. The molecule has 3 aromatic rings. The Morgan fingerprint density at radius 2 is 1.15 bits per heavy atom. The van der Waals surface area contributed by atoms with Crippen LogP contribution in [0.1, 0.15) is 32.3 Å². The Morgan fingerprint density at radius 3 is 1.67 bits per heavy atom. The minimum atomic E-state index is -1.26. The van der Waals surface area contributed by atoms with Gasteiger partial charge >= 0.3 is 0 Å². The predicted molar refractivity (Wildman–Crippen MR) is 149 cm³/mol. The molecule has 3 aromatic carbocycles. The number of anilines is 1. The first-order valence-electron chi connectivity index (χ1n) is 11.2. The Labute approximate surface area is 247 Å². The van der Waals surface area contributed by atoms with Crippen LogP contribution in [0.5, 0.6) is 17.2 Å². The molecule has 0 saturated carbocycles. The van der Waals surface area contributed by atoms with Gasteiger partial charge in [-0.1, -0.05) is 64.1 Å². The van der Waals surface area contributed by atoms with Gasteiger partial charge in [-0.25, -0.2) is 0 Å². The fourth-order valence-corrected chi connectivity index (χ4v) is 6.07. The van der Waals surface area contributed by atoms with Gasteiger partial charge in [0, 0.05) is 5.69 Å². The number of hydrogen-bond acceptors (Lipinski definition) is 6. The van der Waals surface area contributed by atoms with E-state index in [0.717, 1.165) is 4.90 Å². The Morgan fingerprint density at radius 1 is 0.615 bits per heavy atom. The third kappa shape index (κ3) is 4.08. The fraction of sp³-hybridized carbons (Fsp3) is 0.192. The zero-order valence-corrected chi connectivity index (χ0v) is 24.1. The van der Waals surface area contributed by atoms with Crippen LogP contribution in [0.4, 0.5) is 5.69 Å². The number of hydrogen-bond donors (Lipinski definition) is 0. The summed E-state index contributed by atoms with van der Waals surface area (Å²) >= 11 is 31.3. The summed E-state index contributed by atoms with van der Waals surface area (Å²) in [5.41, 5.74) is 0.534. The summed E-state index contributed by atoms with van der Waals surface area (Å²) in [4.78, 5) is 43.2. The van der Waals surface area contributed by atoms with Crippen LogP contribution >= 0.6 is 58.0 Å². The molecule has 0 aromatic heterocycles. The van der Waals surface area contributed by atoms with Crippen LogP contribution in [-0.2, 0) is 4.79 Å². The molecule has 2 aliphatic heterocycles. The quantitative estimate of drug-likeness (QED) is 0.130. The molecule has 202 valence electrons. The standard InChI is InChI=1S/C26H17Cl5N2O6/c1-37-13-7-5-11(9-12(13)27)32-22(10-4-6-14(38-2)15(8-10)39-3)23(26(32)36)33-24(34)16-17(25(33)35)19(29)21(31)20(30)18(16)28/h4-9,22-23H,1-3H3/t22-,23-/m1/s1. The molecule has 0 N–H and O–H groups in total. The van der Waals surface area contributed by atoms with E-state index in [1.165, 1.54) is 26.2 Å². The highest BCUT2D eigenvalue weighted by Crippen LogP contribution is 2.50. The van der Waals surface area contributed by atoms with E-state index >= 15 is 0 Å². The number of carbonyl (C=O) groups is 3. The summed E-state index contributed by atoms with van der Waals surface area (Å²) in [6.07, 6.45) is 0. The molecular weight excluding hydrogens is 614 g/mol. The number of nitrogens with zero attached hydrogens (tertiary/aromatic N) is 2. The maximum atomic E-state index is 13.8. The number of ether oxygens (including phenoxy) is 3. The van der Waals surface area contributed by atoms with Crippen LogP contribution in [0.3, 0.4) is 0 Å². The number of methoxy groups -OCH3 is 3. The van der Waals surface area contributed by atoms with E-state index in [4.69, 9.17) is 72.2 Å². The zero-order valence-electron chi connectivity index (χ0n) is 20.4. The lowest BCUT2D eigenvalue weighted by Gasteiger charge is -2.49. The summed E-state index contributed by atoms with van der Waals surface area (Å²) in [5.74, 6) is -0.951. The van der Waals surface area contributed by atoms with Crippen molar-refractivity contribution in [2.45, 2.75) is 12.1 Å². The highest BCUT2D eigenvalue weighted by molar-refractivity contribution is 6.55. The summed E-state index contributed by atoms with van der Waals surface area (Å²) < 4.78 is 16.0. The van der Waals surface area contributed by atoms with Crippen molar-refractivity contribution in [3.8, 4) is 17.2 Å². The molecule has 0 radical (unpaired) electrons. The molecule has 2 aliphatic rings. The highest BCUT2D eigenvalue weighted by Gasteiger charge is 2.58. The molecule has 3 amide bonds. The van der Waals surface area contributed by atoms with Gasteiger partial charge in [0.15, 0.2) is 11.5 Å². The van der Waals surface area contributed by atoms with Gasteiger partial charge in [0.1, 0.15) is 11.8 Å². The number of benzene rings is 3. The lowest BCUT2D eigenvalue weighted by molar-refractivity contribution is -0.130. The van der Waals surface area contributed by atoms with Crippen LogP contribution in [0.2, 0.25) is 25.1 Å². The van der Waals surface area contributed by atoms with Crippen molar-refractivity contribution in [3.05, 3.63) is 78.2 Å². The van der Waals surface area contributed by atoms with Gasteiger partial charge in [-0.2, -0.15) is 0 Å². The molecule has 2 atom stereocenters. The van der Waals surface area contributed by atoms with Gasteiger partial charge in [-0.3, -0.25) is 19.3 Å². The van der Waals surface area contributed by atoms with E-state index in [2.05, 4.69) is 0 Å². The maximum Gasteiger partial charge on any atom is 0.264 e. The van der Waals surface area contributed by atoms with Crippen LogP contribution < -0.4 is 19.1 Å². The average molecular weight is 631 g/mol. The molecule has 2 heterocycles. The minimum absolute atomic E-state index is 0.170. The summed E-state index contributed by atoms with van der Waals surface area (Å²) in [5, 5.41) is -0.530.